The van der Waals surface area contributed by atoms with Gasteiger partial charge in [0.15, 0.2) is 16.0 Å². The molecular formula is C10H14N8S2. The number of fused-ring (bicyclic) bond motifs is 1. The van der Waals surface area contributed by atoms with Crippen molar-refractivity contribution < 1.29 is 0 Å². The summed E-state index contributed by atoms with van der Waals surface area (Å²) in [6.07, 6.45) is 3.95. The zero-order valence-corrected chi connectivity index (χ0v) is 12.2. The number of rotatable bonds is 5. The van der Waals surface area contributed by atoms with Gasteiger partial charge in [-0.3, -0.25) is 10.8 Å². The Morgan fingerprint density at radius 1 is 1.25 bits per heavy atom. The van der Waals surface area contributed by atoms with Crippen molar-refractivity contribution >= 4 is 44.9 Å². The second-order valence-corrected chi connectivity index (χ2v) is 5.98. The van der Waals surface area contributed by atoms with Gasteiger partial charge in [-0.05, 0) is 18.2 Å². The quantitative estimate of drug-likeness (QED) is 0.210. The fourth-order valence-corrected chi connectivity index (χ4v) is 2.67. The van der Waals surface area contributed by atoms with Crippen LogP contribution in [0.3, 0.4) is 0 Å². The minimum Gasteiger partial charge on any atom is -0.379 e. The maximum absolute atomic E-state index is 7.31. The third-order valence-electron chi connectivity index (χ3n) is 2.38. The van der Waals surface area contributed by atoms with Gasteiger partial charge in [0.05, 0.1) is 11.6 Å². The topological polar surface area (TPSA) is 143 Å². The van der Waals surface area contributed by atoms with Crippen molar-refractivity contribution in [1.29, 1.82) is 10.8 Å². The fraction of sp³-hybridized carbons (Fsp3) is 0.300. The molecule has 2 heterocycles. The van der Waals surface area contributed by atoms with Crippen LogP contribution in [-0.2, 0) is 6.54 Å². The van der Waals surface area contributed by atoms with Gasteiger partial charge in [-0.15, -0.1) is 0 Å². The molecule has 10 heteroatoms. The number of hydrogen-bond acceptors (Lipinski definition) is 7. The van der Waals surface area contributed by atoms with E-state index in [0.717, 1.165) is 35.0 Å². The lowest BCUT2D eigenvalue weighted by atomic mass is 10.4. The molecule has 0 amide bonds. The van der Waals surface area contributed by atoms with Crippen LogP contribution in [0.15, 0.2) is 17.6 Å². The summed E-state index contributed by atoms with van der Waals surface area (Å²) in [5.41, 5.74) is 11.4. The highest BCUT2D eigenvalue weighted by Crippen LogP contribution is 2.23. The normalized spacial score (nSPS) is 10.8. The van der Waals surface area contributed by atoms with Gasteiger partial charge in [0.1, 0.15) is 11.4 Å². The Morgan fingerprint density at radius 3 is 2.75 bits per heavy atom. The molecule has 20 heavy (non-hydrogen) atoms. The Labute approximate surface area is 123 Å². The lowest BCUT2D eigenvalue weighted by molar-refractivity contribution is 0.620. The summed E-state index contributed by atoms with van der Waals surface area (Å²) in [4.78, 5) is 8.32. The molecular weight excluding hydrogens is 296 g/mol. The summed E-state index contributed by atoms with van der Waals surface area (Å²) < 4.78 is 1.78. The van der Waals surface area contributed by atoms with E-state index in [1.807, 2.05) is 0 Å². The first-order valence-electron chi connectivity index (χ1n) is 5.73. The van der Waals surface area contributed by atoms with Gasteiger partial charge in [-0.2, -0.15) is 5.10 Å². The second-order valence-electron chi connectivity index (χ2n) is 3.82. The Balaban J connectivity index is 2.11. The Morgan fingerprint density at radius 2 is 2.05 bits per heavy atom. The molecule has 0 aromatic carbocycles. The predicted octanol–water partition coefficient (Wildman–Crippen LogP) is 0.829. The summed E-state index contributed by atoms with van der Waals surface area (Å²) >= 11 is 2.39. The average molecular weight is 310 g/mol. The van der Waals surface area contributed by atoms with E-state index < -0.39 is 0 Å². The van der Waals surface area contributed by atoms with E-state index in [-0.39, 0.29) is 10.3 Å². The summed E-state index contributed by atoms with van der Waals surface area (Å²) in [6.45, 7) is 0.685. The number of hydrogen-bond donors (Lipinski definition) is 4. The molecule has 8 nitrogen and oxygen atoms in total. The van der Waals surface area contributed by atoms with Crippen LogP contribution < -0.4 is 11.5 Å². The minimum absolute atomic E-state index is 0.0180. The summed E-state index contributed by atoms with van der Waals surface area (Å²) in [7, 11) is 0. The molecule has 0 atom stereocenters. The highest BCUT2D eigenvalue weighted by atomic mass is 32.2. The highest BCUT2D eigenvalue weighted by Gasteiger charge is 2.10. The van der Waals surface area contributed by atoms with Crippen molar-refractivity contribution in [2.24, 2.45) is 11.5 Å². The summed E-state index contributed by atoms with van der Waals surface area (Å²) in [5, 5.41) is 20.2. The number of aromatic nitrogens is 4. The van der Waals surface area contributed by atoms with Crippen LogP contribution in [0.1, 0.15) is 6.42 Å². The van der Waals surface area contributed by atoms with E-state index in [4.69, 9.17) is 22.3 Å². The van der Waals surface area contributed by atoms with Crippen LogP contribution in [0.4, 0.5) is 0 Å². The number of nitrogens with zero attached hydrogens (tertiary/aromatic N) is 4. The van der Waals surface area contributed by atoms with E-state index >= 15 is 0 Å². The maximum Gasteiger partial charge on any atom is 0.162 e. The maximum atomic E-state index is 7.31. The molecule has 0 unspecified atom stereocenters. The number of nitrogens with one attached hydrogen (secondary N) is 2. The van der Waals surface area contributed by atoms with Gasteiger partial charge in [0.2, 0.25) is 0 Å². The van der Waals surface area contributed by atoms with E-state index in [9.17, 15) is 0 Å². The molecule has 2 aromatic rings. The van der Waals surface area contributed by atoms with E-state index in [1.54, 1.807) is 10.9 Å². The highest BCUT2D eigenvalue weighted by molar-refractivity contribution is 8.14. The van der Waals surface area contributed by atoms with Crippen molar-refractivity contribution in [3.63, 3.8) is 0 Å². The molecule has 2 rings (SSSR count). The number of thioether (sulfide) groups is 2. The second kappa shape index (κ2) is 6.57. The van der Waals surface area contributed by atoms with Crippen LogP contribution in [-0.4, -0.2) is 35.8 Å². The Hall–Kier alpha value is -1.81. The summed E-state index contributed by atoms with van der Waals surface area (Å²) in [5.74, 6) is 0.761. The lowest BCUT2D eigenvalue weighted by Gasteiger charge is -2.03. The lowest BCUT2D eigenvalue weighted by Crippen LogP contribution is -2.07. The van der Waals surface area contributed by atoms with Gasteiger partial charge in [0.25, 0.3) is 0 Å². The standard InChI is InChI=1S/C10H14N8S2/c11-9(12)19-3-1-2-18-7-6(4-17-18)8(16-5-15-7)20-10(13)14/h4-5H,1-3H2,(H3,11,12)(H3,13,14). The first kappa shape index (κ1) is 14.6. The van der Waals surface area contributed by atoms with Crippen LogP contribution in [0.5, 0.6) is 0 Å². The molecule has 0 aliphatic carbocycles. The molecule has 0 bridgehead atoms. The first-order valence-corrected chi connectivity index (χ1v) is 7.53. The molecule has 0 saturated carbocycles. The molecule has 0 fully saturated rings. The molecule has 0 spiro atoms. The fourth-order valence-electron chi connectivity index (χ4n) is 1.62. The predicted molar refractivity (Wildman–Crippen MR) is 82.1 cm³/mol. The number of nitrogens with two attached hydrogens (primary N) is 2. The van der Waals surface area contributed by atoms with Crippen molar-refractivity contribution in [3.8, 4) is 0 Å². The van der Waals surface area contributed by atoms with Gasteiger partial charge in [-0.1, -0.05) is 11.8 Å². The number of aryl methyl sites for hydroxylation is 1. The van der Waals surface area contributed by atoms with Crippen LogP contribution in [0.2, 0.25) is 0 Å². The third-order valence-corrected chi connectivity index (χ3v) is 3.92. The molecule has 6 N–H and O–H groups in total. The first-order chi connectivity index (χ1) is 9.58. The van der Waals surface area contributed by atoms with Gasteiger partial charge in [0, 0.05) is 12.3 Å². The zero-order chi connectivity index (χ0) is 14.5. The van der Waals surface area contributed by atoms with Crippen LogP contribution in [0.25, 0.3) is 11.0 Å². The van der Waals surface area contributed by atoms with E-state index in [1.165, 1.54) is 18.1 Å². The molecule has 106 valence electrons. The SMILES string of the molecule is N=C(N)SCCCn1ncc2c(SC(=N)N)ncnc21. The molecule has 0 aliphatic rings. The largest absolute Gasteiger partial charge is 0.379 e. The van der Waals surface area contributed by atoms with Crippen molar-refractivity contribution in [2.75, 3.05) is 5.75 Å². The molecule has 0 radical (unpaired) electrons. The Kier molecular flexibility index (Phi) is 4.79. The van der Waals surface area contributed by atoms with Gasteiger partial charge in [-0.25, -0.2) is 14.6 Å². The minimum atomic E-state index is -0.0180. The monoisotopic (exact) mass is 310 g/mol. The van der Waals surface area contributed by atoms with Gasteiger partial charge < -0.3 is 11.5 Å². The zero-order valence-electron chi connectivity index (χ0n) is 10.5. The molecule has 0 aliphatic heterocycles. The molecule has 2 aromatic heterocycles. The van der Waals surface area contributed by atoms with Crippen molar-refractivity contribution in [2.45, 2.75) is 18.0 Å². The van der Waals surface area contributed by atoms with Crippen LogP contribution >= 0.6 is 23.5 Å². The molecule has 0 saturated heterocycles. The smallest absolute Gasteiger partial charge is 0.162 e. The Bertz CT molecular complexity index is 637. The van der Waals surface area contributed by atoms with E-state index in [2.05, 4.69) is 15.1 Å². The van der Waals surface area contributed by atoms with Crippen LogP contribution in [0, 0.1) is 10.8 Å². The number of amidine groups is 2. The van der Waals surface area contributed by atoms with Gasteiger partial charge >= 0.3 is 0 Å². The van der Waals surface area contributed by atoms with Crippen molar-refractivity contribution in [3.05, 3.63) is 12.5 Å². The van der Waals surface area contributed by atoms with Crippen molar-refractivity contribution in [1.82, 2.24) is 19.7 Å². The average Bonchev–Trinajstić information content (AvgIpc) is 2.78. The summed E-state index contributed by atoms with van der Waals surface area (Å²) in [6, 6.07) is 0. The third kappa shape index (κ3) is 3.61. The van der Waals surface area contributed by atoms with E-state index in [0.29, 0.717) is 11.6 Å².